The highest BCUT2D eigenvalue weighted by atomic mass is 32.2. The second kappa shape index (κ2) is 6.90. The molecule has 3 unspecified atom stereocenters. The zero-order chi connectivity index (χ0) is 18.3. The maximum Gasteiger partial charge on any atom is 0.253 e. The van der Waals surface area contributed by atoms with Crippen LogP contribution >= 0.6 is 0 Å². The Labute approximate surface area is 153 Å². The molecule has 0 spiro atoms. The predicted octanol–water partition coefficient (Wildman–Crippen LogP) is 1.40. The average molecular weight is 381 g/mol. The molecular formula is C18H24FN3O3S. The average Bonchev–Trinajstić information content (AvgIpc) is 2.94. The summed E-state index contributed by atoms with van der Waals surface area (Å²) in [5.41, 5.74) is 0.480. The molecule has 1 aromatic carbocycles. The molecule has 0 aromatic heterocycles. The van der Waals surface area contributed by atoms with Crippen LogP contribution in [0.3, 0.4) is 0 Å². The molecule has 3 atom stereocenters. The summed E-state index contributed by atoms with van der Waals surface area (Å²) in [6.07, 6.45) is 3.61. The number of carbonyl (C=O) groups excluding carboxylic acids is 1. The normalized spacial score (nSPS) is 31.6. The van der Waals surface area contributed by atoms with Gasteiger partial charge in [-0.05, 0) is 37.1 Å². The van der Waals surface area contributed by atoms with Gasteiger partial charge in [-0.1, -0.05) is 12.8 Å². The molecule has 1 aromatic rings. The molecule has 26 heavy (non-hydrogen) atoms. The fraction of sp³-hybridized carbons (Fsp3) is 0.611. The molecule has 0 bridgehead atoms. The molecule has 1 aliphatic carbocycles. The predicted molar refractivity (Wildman–Crippen MR) is 95.5 cm³/mol. The minimum absolute atomic E-state index is 0.104. The van der Waals surface area contributed by atoms with E-state index in [0.29, 0.717) is 31.7 Å². The van der Waals surface area contributed by atoms with E-state index in [4.69, 9.17) is 0 Å². The molecule has 0 radical (unpaired) electrons. The van der Waals surface area contributed by atoms with Crippen molar-refractivity contribution in [2.24, 2.45) is 5.92 Å². The summed E-state index contributed by atoms with van der Waals surface area (Å²) in [6.45, 7) is 2.38. The molecule has 4 rings (SSSR count). The van der Waals surface area contributed by atoms with Crippen molar-refractivity contribution in [1.29, 1.82) is 0 Å². The van der Waals surface area contributed by atoms with E-state index in [1.807, 2.05) is 0 Å². The topological polar surface area (TPSA) is 69.7 Å². The first-order chi connectivity index (χ1) is 12.5. The van der Waals surface area contributed by atoms with Gasteiger partial charge in [-0.15, -0.1) is 0 Å². The van der Waals surface area contributed by atoms with Gasteiger partial charge in [0.1, 0.15) is 5.82 Å². The van der Waals surface area contributed by atoms with Crippen molar-refractivity contribution in [3.8, 4) is 0 Å². The second-order valence-corrected chi connectivity index (χ2v) is 9.36. The highest BCUT2D eigenvalue weighted by Crippen LogP contribution is 2.38. The van der Waals surface area contributed by atoms with Crippen LogP contribution in [0.1, 0.15) is 36.0 Å². The van der Waals surface area contributed by atoms with E-state index in [1.54, 1.807) is 4.90 Å². The fourth-order valence-electron chi connectivity index (χ4n) is 4.54. The summed E-state index contributed by atoms with van der Waals surface area (Å²) in [5, 5.41) is -0.264. The number of sulfonamides is 1. The van der Waals surface area contributed by atoms with Crippen LogP contribution in [0.25, 0.3) is 0 Å². The third-order valence-corrected chi connectivity index (χ3v) is 7.88. The zero-order valence-corrected chi connectivity index (χ0v) is 15.4. The standard InChI is InChI=1S/C18H24FN3O3S/c19-14-7-5-13(6-8-14)18(23)22-11-9-21(10-12-22)17-15-3-1-2-4-16(15)26(24,25)20-17/h5-8,15-17,20H,1-4,9-12H2. The van der Waals surface area contributed by atoms with Crippen LogP contribution in [0.5, 0.6) is 0 Å². The van der Waals surface area contributed by atoms with Crippen LogP contribution in [-0.4, -0.2) is 61.7 Å². The van der Waals surface area contributed by atoms with E-state index < -0.39 is 10.0 Å². The van der Waals surface area contributed by atoms with Gasteiger partial charge in [0, 0.05) is 37.7 Å². The number of rotatable bonds is 2. The van der Waals surface area contributed by atoms with E-state index in [0.717, 1.165) is 25.7 Å². The van der Waals surface area contributed by atoms with Gasteiger partial charge in [0.15, 0.2) is 0 Å². The minimum Gasteiger partial charge on any atom is -0.336 e. The lowest BCUT2D eigenvalue weighted by Gasteiger charge is -2.40. The van der Waals surface area contributed by atoms with Gasteiger partial charge in [-0.25, -0.2) is 12.8 Å². The monoisotopic (exact) mass is 381 g/mol. The molecule has 2 saturated heterocycles. The van der Waals surface area contributed by atoms with Crippen LogP contribution in [0.4, 0.5) is 4.39 Å². The number of fused-ring (bicyclic) bond motifs is 1. The number of nitrogens with one attached hydrogen (secondary N) is 1. The lowest BCUT2D eigenvalue weighted by molar-refractivity contribution is 0.0462. The summed E-state index contributed by atoms with van der Waals surface area (Å²) < 4.78 is 40.7. The van der Waals surface area contributed by atoms with Crippen LogP contribution in [0.2, 0.25) is 0 Å². The zero-order valence-electron chi connectivity index (χ0n) is 14.6. The molecule has 1 saturated carbocycles. The van der Waals surface area contributed by atoms with Crippen LogP contribution in [-0.2, 0) is 10.0 Å². The maximum atomic E-state index is 13.0. The highest BCUT2D eigenvalue weighted by molar-refractivity contribution is 7.90. The summed E-state index contributed by atoms with van der Waals surface area (Å²) in [5.74, 6) is -0.317. The number of piperazine rings is 1. The quantitative estimate of drug-likeness (QED) is 0.841. The van der Waals surface area contributed by atoms with Crippen LogP contribution in [0, 0.1) is 11.7 Å². The van der Waals surface area contributed by atoms with Crippen molar-refractivity contribution in [3.63, 3.8) is 0 Å². The fourth-order valence-corrected chi connectivity index (χ4v) is 6.60. The Morgan fingerprint density at radius 3 is 2.38 bits per heavy atom. The van der Waals surface area contributed by atoms with Gasteiger partial charge in [0.05, 0.1) is 11.4 Å². The molecule has 8 heteroatoms. The van der Waals surface area contributed by atoms with Crippen LogP contribution < -0.4 is 4.72 Å². The van der Waals surface area contributed by atoms with Gasteiger partial charge >= 0.3 is 0 Å². The molecule has 2 aliphatic heterocycles. The van der Waals surface area contributed by atoms with Crippen molar-refractivity contribution in [3.05, 3.63) is 35.6 Å². The van der Waals surface area contributed by atoms with Crippen molar-refractivity contribution in [2.75, 3.05) is 26.2 Å². The Kier molecular flexibility index (Phi) is 4.75. The number of amides is 1. The number of carbonyl (C=O) groups is 1. The molecule has 1 amide bonds. The Balaban J connectivity index is 1.40. The van der Waals surface area contributed by atoms with Gasteiger partial charge in [0.25, 0.3) is 5.91 Å². The largest absolute Gasteiger partial charge is 0.336 e. The lowest BCUT2D eigenvalue weighted by Crippen LogP contribution is -2.56. The molecule has 1 N–H and O–H groups in total. The van der Waals surface area contributed by atoms with Crippen molar-refractivity contribution in [2.45, 2.75) is 37.1 Å². The van der Waals surface area contributed by atoms with E-state index in [1.165, 1.54) is 24.3 Å². The summed E-state index contributed by atoms with van der Waals surface area (Å²) in [6, 6.07) is 5.59. The second-order valence-electron chi connectivity index (χ2n) is 7.43. The highest BCUT2D eigenvalue weighted by Gasteiger charge is 2.49. The molecular weight excluding hydrogens is 357 g/mol. The number of nitrogens with zero attached hydrogens (tertiary/aromatic N) is 2. The third kappa shape index (κ3) is 3.25. The van der Waals surface area contributed by atoms with E-state index in [9.17, 15) is 17.6 Å². The van der Waals surface area contributed by atoms with Gasteiger partial charge in [0.2, 0.25) is 10.0 Å². The van der Waals surface area contributed by atoms with E-state index >= 15 is 0 Å². The van der Waals surface area contributed by atoms with E-state index in [2.05, 4.69) is 9.62 Å². The lowest BCUT2D eigenvalue weighted by atomic mass is 9.86. The number of benzene rings is 1. The number of hydrogen-bond donors (Lipinski definition) is 1. The number of hydrogen-bond acceptors (Lipinski definition) is 4. The number of halogens is 1. The SMILES string of the molecule is O=C(c1ccc(F)cc1)N1CCN(C2NS(=O)(=O)C3CCCCC23)CC1. The molecule has 2 heterocycles. The Hall–Kier alpha value is -1.51. The third-order valence-electron chi connectivity index (χ3n) is 5.93. The Morgan fingerprint density at radius 1 is 1.04 bits per heavy atom. The van der Waals surface area contributed by atoms with Crippen molar-refractivity contribution < 1.29 is 17.6 Å². The molecule has 3 aliphatic rings. The smallest absolute Gasteiger partial charge is 0.253 e. The maximum absolute atomic E-state index is 13.0. The molecule has 6 nitrogen and oxygen atoms in total. The minimum atomic E-state index is -3.23. The van der Waals surface area contributed by atoms with Crippen LogP contribution in [0.15, 0.2) is 24.3 Å². The van der Waals surface area contributed by atoms with Crippen molar-refractivity contribution in [1.82, 2.24) is 14.5 Å². The first kappa shape index (κ1) is 17.9. The first-order valence-electron chi connectivity index (χ1n) is 9.26. The first-order valence-corrected chi connectivity index (χ1v) is 10.8. The van der Waals surface area contributed by atoms with Gasteiger partial charge in [-0.2, -0.15) is 4.72 Å². The van der Waals surface area contributed by atoms with Gasteiger partial charge in [-0.3, -0.25) is 9.69 Å². The van der Waals surface area contributed by atoms with E-state index in [-0.39, 0.29) is 29.1 Å². The van der Waals surface area contributed by atoms with Crippen molar-refractivity contribution >= 4 is 15.9 Å². The Morgan fingerprint density at radius 2 is 1.69 bits per heavy atom. The molecule has 3 fully saturated rings. The summed E-state index contributed by atoms with van der Waals surface area (Å²) >= 11 is 0. The van der Waals surface area contributed by atoms with Gasteiger partial charge < -0.3 is 4.90 Å². The molecule has 142 valence electrons. The Bertz CT molecular complexity index is 775. The summed E-state index contributed by atoms with van der Waals surface area (Å²) in [4.78, 5) is 16.5. The summed E-state index contributed by atoms with van der Waals surface area (Å²) in [7, 11) is -3.23.